The molecule has 1 N–H and O–H groups in total. The molecule has 0 radical (unpaired) electrons. The maximum atomic E-state index is 14.3. The summed E-state index contributed by atoms with van der Waals surface area (Å²) >= 11 is -1.47. The number of nitrogens with one attached hydrogen (secondary N) is 1. The molecule has 1 aromatic carbocycles. The second-order valence-electron chi connectivity index (χ2n) is 5.24. The fraction of sp³-hybridized carbons (Fsp3) is 0.500. The molecule has 6 nitrogen and oxygen atoms in total. The number of rotatable bonds is 2. The van der Waals surface area contributed by atoms with Gasteiger partial charge in [-0.1, -0.05) is 27.7 Å². The van der Waals surface area contributed by atoms with Gasteiger partial charge in [0.25, 0.3) is 0 Å². The maximum absolute atomic E-state index is 14.3. The number of anilines is 1. The molecule has 0 aliphatic carbocycles. The Morgan fingerprint density at radius 3 is 2.31 bits per heavy atom. The van der Waals surface area contributed by atoms with E-state index < -0.39 is 25.9 Å². The van der Waals surface area contributed by atoms with Gasteiger partial charge in [0.15, 0.2) is 0 Å². The van der Waals surface area contributed by atoms with E-state index in [0.29, 0.717) is 11.2 Å². The fourth-order valence-electron chi connectivity index (χ4n) is 2.49. The van der Waals surface area contributed by atoms with Crippen molar-refractivity contribution in [3.63, 3.8) is 0 Å². The summed E-state index contributed by atoms with van der Waals surface area (Å²) in [5.41, 5.74) is 0.794. The Labute approximate surface area is 161 Å². The third-order valence-electron chi connectivity index (χ3n) is 3.59. The average molecular weight is 478 g/mol. The van der Waals surface area contributed by atoms with Crippen molar-refractivity contribution in [3.8, 4) is 0 Å². The van der Waals surface area contributed by atoms with E-state index in [0.717, 1.165) is 9.09 Å². The van der Waals surface area contributed by atoms with E-state index in [1.807, 2.05) is 33.8 Å². The van der Waals surface area contributed by atoms with Crippen LogP contribution in [0.15, 0.2) is 12.1 Å². The third kappa shape index (κ3) is 4.52. The van der Waals surface area contributed by atoms with Gasteiger partial charge in [0.05, 0.1) is 0 Å². The van der Waals surface area contributed by atoms with Crippen molar-refractivity contribution in [3.05, 3.63) is 21.5 Å². The minimum absolute atomic E-state index is 0.212. The quantitative estimate of drug-likeness (QED) is 0.521. The normalized spacial score (nSPS) is 14.2. The van der Waals surface area contributed by atoms with E-state index in [9.17, 15) is 14.0 Å². The van der Waals surface area contributed by atoms with Crippen LogP contribution in [0, 0.1) is 9.39 Å². The molecule has 1 fully saturated rings. The van der Waals surface area contributed by atoms with Crippen LogP contribution in [0.3, 0.4) is 0 Å². The third-order valence-corrected chi connectivity index (χ3v) is 6.74. The number of alkyl halides is 2. The Hall–Kier alpha value is -1.71. The molecule has 1 aromatic heterocycles. The molecule has 3 rings (SSSR count). The molecule has 0 atom stereocenters. The molecule has 1 aliphatic rings. The van der Waals surface area contributed by atoms with Gasteiger partial charge in [0.2, 0.25) is 0 Å². The first-order valence-corrected chi connectivity index (χ1v) is 14.1. The monoisotopic (exact) mass is 478 g/mol. The number of imide groups is 1. The Morgan fingerprint density at radius 2 is 1.77 bits per heavy atom. The standard InChI is InChI=1S/C14H16FIN4O2.2C2H6/c1-16(2)10-7-11-8(6-9(10)15)13(18-19(11)3)20-5-4-12(21)17-14(20)22;2*1-2/h6-7H,4-5H2,1-3H3,(H,17,21,22);2*1-2H3. The number of fused-ring (bicyclic) bond motifs is 1. The van der Waals surface area contributed by atoms with Gasteiger partial charge in [-0.25, -0.2) is 0 Å². The molecule has 0 unspecified atom stereocenters. The van der Waals surface area contributed by atoms with Crippen molar-refractivity contribution in [2.45, 2.75) is 34.1 Å². The Kier molecular flexibility index (Phi) is 8.45. The number of carbonyl (C=O) groups is 2. The van der Waals surface area contributed by atoms with E-state index in [4.69, 9.17) is 0 Å². The van der Waals surface area contributed by atoms with Gasteiger partial charge in [0, 0.05) is 0 Å². The van der Waals surface area contributed by atoms with Crippen LogP contribution in [0.4, 0.5) is 15.0 Å². The van der Waals surface area contributed by atoms with Crippen LogP contribution >= 0.6 is 19.8 Å². The SMILES string of the molecule is CC.CC.Cn1nc(N2CCC(=O)NC2=O)c2cc(F)c(I(C)C)cc21. The number of hydrogen-bond donors (Lipinski definition) is 1. The first kappa shape index (κ1) is 22.3. The zero-order valence-electron chi connectivity index (χ0n) is 16.5. The molecule has 0 saturated carbocycles. The summed E-state index contributed by atoms with van der Waals surface area (Å²) < 4.78 is 16.7. The molecule has 2 heterocycles. The van der Waals surface area contributed by atoms with Crippen molar-refractivity contribution in [1.82, 2.24) is 15.1 Å². The van der Waals surface area contributed by atoms with Crippen molar-refractivity contribution in [2.24, 2.45) is 7.05 Å². The predicted octanol–water partition coefficient (Wildman–Crippen LogP) is 4.15. The number of nitrogens with zero attached hydrogens (tertiary/aromatic N) is 3. The number of aryl methyl sites for hydroxylation is 1. The molecular weight excluding hydrogens is 450 g/mol. The first-order valence-electron chi connectivity index (χ1n) is 8.66. The molecule has 26 heavy (non-hydrogen) atoms. The number of amides is 3. The van der Waals surface area contributed by atoms with E-state index >= 15 is 0 Å². The van der Waals surface area contributed by atoms with Crippen LogP contribution in [-0.2, 0) is 11.8 Å². The van der Waals surface area contributed by atoms with E-state index in [1.54, 1.807) is 11.7 Å². The molecule has 3 amide bonds. The summed E-state index contributed by atoms with van der Waals surface area (Å²) in [6.07, 6.45) is 0.212. The van der Waals surface area contributed by atoms with E-state index in [-0.39, 0.29) is 24.7 Å². The van der Waals surface area contributed by atoms with Gasteiger partial charge in [-0.2, -0.15) is 0 Å². The number of hydrogen-bond acceptors (Lipinski definition) is 3. The molecule has 146 valence electrons. The van der Waals surface area contributed by atoms with Crippen LogP contribution in [0.25, 0.3) is 10.9 Å². The zero-order chi connectivity index (χ0) is 20.0. The number of benzene rings is 1. The fourth-order valence-corrected chi connectivity index (χ4v) is 4.59. The Balaban J connectivity index is 0.000000791. The van der Waals surface area contributed by atoms with Crippen molar-refractivity contribution in [1.29, 1.82) is 0 Å². The van der Waals surface area contributed by atoms with Crippen LogP contribution in [0.5, 0.6) is 0 Å². The summed E-state index contributed by atoms with van der Waals surface area (Å²) in [6, 6.07) is 2.77. The van der Waals surface area contributed by atoms with Gasteiger partial charge in [-0.15, -0.1) is 0 Å². The molecular formula is C18H28FIN4O2. The average Bonchev–Trinajstić information content (AvgIpc) is 2.93. The van der Waals surface area contributed by atoms with Crippen molar-refractivity contribution < 1.29 is 14.0 Å². The van der Waals surface area contributed by atoms with Crippen molar-refractivity contribution in [2.75, 3.05) is 21.3 Å². The molecule has 8 heteroatoms. The topological polar surface area (TPSA) is 67.2 Å². The molecule has 2 aromatic rings. The van der Waals surface area contributed by atoms with Gasteiger partial charge in [0.1, 0.15) is 0 Å². The predicted molar refractivity (Wildman–Crippen MR) is 113 cm³/mol. The summed E-state index contributed by atoms with van der Waals surface area (Å²) in [4.78, 5) is 28.8. The zero-order valence-corrected chi connectivity index (χ0v) is 18.6. The molecule has 1 saturated heterocycles. The number of urea groups is 1. The van der Waals surface area contributed by atoms with E-state index in [1.165, 1.54) is 11.0 Å². The number of halogens is 2. The Morgan fingerprint density at radius 1 is 1.15 bits per heavy atom. The van der Waals surface area contributed by atoms with Crippen LogP contribution in [0.1, 0.15) is 34.1 Å². The first-order chi connectivity index (χ1) is 12.4. The van der Waals surface area contributed by atoms with Crippen LogP contribution in [-0.4, -0.2) is 38.1 Å². The number of carbonyl (C=O) groups excluding carboxylic acids is 2. The van der Waals surface area contributed by atoms with Crippen molar-refractivity contribution >= 4 is 48.5 Å². The second kappa shape index (κ2) is 9.84. The van der Waals surface area contributed by atoms with Crippen LogP contribution in [0.2, 0.25) is 0 Å². The second-order valence-corrected chi connectivity index (χ2v) is 10.7. The molecule has 0 bridgehead atoms. The Bertz CT molecular complexity index is 789. The van der Waals surface area contributed by atoms with Crippen LogP contribution < -0.4 is 10.2 Å². The van der Waals surface area contributed by atoms with Gasteiger partial charge in [-0.3, -0.25) is 0 Å². The molecule has 1 aliphatic heterocycles. The van der Waals surface area contributed by atoms with Gasteiger partial charge in [-0.05, 0) is 0 Å². The van der Waals surface area contributed by atoms with Gasteiger partial charge < -0.3 is 0 Å². The summed E-state index contributed by atoms with van der Waals surface area (Å²) in [5.74, 6) is -0.160. The van der Waals surface area contributed by atoms with E-state index in [2.05, 4.69) is 20.3 Å². The summed E-state index contributed by atoms with van der Waals surface area (Å²) in [6.45, 7) is 8.25. The minimum atomic E-state index is -1.47. The van der Waals surface area contributed by atoms with Gasteiger partial charge >= 0.3 is 134 Å². The summed E-state index contributed by atoms with van der Waals surface area (Å²) in [7, 11) is 1.77. The summed E-state index contributed by atoms with van der Waals surface area (Å²) in [5, 5.41) is 7.20. The molecule has 0 spiro atoms. The number of aromatic nitrogens is 2.